The number of hydrogen-bond donors (Lipinski definition) is 2. The van der Waals surface area contributed by atoms with E-state index in [-0.39, 0.29) is 25.7 Å². The fraction of sp³-hybridized carbons (Fsp3) is 0.636. The SMILES string of the molecule is CC(C)(C)c1cc(SC2(Sc3cc(C(C)(C)C)c(O)c(C(C)(C)C)c3)CCSCC2)cc(C(C)(C)C)c1O. The molecule has 3 rings (SSSR count). The molecule has 5 heteroatoms. The maximum Gasteiger partial charge on any atom is 0.123 e. The van der Waals surface area contributed by atoms with Gasteiger partial charge in [-0.15, -0.1) is 23.5 Å². The van der Waals surface area contributed by atoms with Gasteiger partial charge in [-0.25, -0.2) is 0 Å². The molecule has 2 aromatic rings. The normalized spacial score (nSPS) is 17.1. The van der Waals surface area contributed by atoms with Crippen LogP contribution in [0.2, 0.25) is 0 Å². The van der Waals surface area contributed by atoms with E-state index in [1.165, 1.54) is 9.79 Å². The molecule has 0 amide bonds. The topological polar surface area (TPSA) is 40.5 Å². The Morgan fingerprint density at radius 3 is 1.05 bits per heavy atom. The Hall–Kier alpha value is -0.910. The van der Waals surface area contributed by atoms with Gasteiger partial charge in [0.05, 0.1) is 4.08 Å². The average Bonchev–Trinajstić information content (AvgIpc) is 2.73. The monoisotopic (exact) mass is 574 g/mol. The molecule has 38 heavy (non-hydrogen) atoms. The highest BCUT2D eigenvalue weighted by molar-refractivity contribution is 8.18. The lowest BCUT2D eigenvalue weighted by Gasteiger charge is -2.38. The van der Waals surface area contributed by atoms with E-state index in [1.807, 2.05) is 35.3 Å². The maximum atomic E-state index is 11.3. The zero-order valence-electron chi connectivity index (χ0n) is 25.8. The zero-order valence-corrected chi connectivity index (χ0v) is 28.2. The van der Waals surface area contributed by atoms with Gasteiger partial charge in [-0.1, -0.05) is 83.1 Å². The van der Waals surface area contributed by atoms with Crippen molar-refractivity contribution in [3.8, 4) is 11.5 Å². The van der Waals surface area contributed by atoms with Crippen LogP contribution >= 0.6 is 35.3 Å². The third-order valence-corrected chi connectivity index (χ3v) is 11.3. The summed E-state index contributed by atoms with van der Waals surface area (Å²) in [6, 6.07) is 8.93. The standard InChI is InChI=1S/C33H50O2S3/c1-29(2,3)23-17-21(18-24(27(23)34)30(4,5)6)37-33(13-15-36-16-14-33)38-22-19-25(31(7,8)9)28(35)26(20-22)32(10,11)12/h17-20,34-35H,13-16H2,1-12H3. The van der Waals surface area contributed by atoms with Crippen molar-refractivity contribution in [3.05, 3.63) is 46.5 Å². The van der Waals surface area contributed by atoms with Gasteiger partial charge in [-0.2, -0.15) is 11.8 Å². The van der Waals surface area contributed by atoms with Crippen LogP contribution in [0.15, 0.2) is 34.1 Å². The molecule has 212 valence electrons. The second kappa shape index (κ2) is 10.8. The maximum absolute atomic E-state index is 11.3. The van der Waals surface area contributed by atoms with Gasteiger partial charge in [0.25, 0.3) is 0 Å². The van der Waals surface area contributed by atoms with Crippen LogP contribution < -0.4 is 0 Å². The second-order valence-corrected chi connectivity index (χ2v) is 19.4. The molecule has 0 aromatic heterocycles. The summed E-state index contributed by atoms with van der Waals surface area (Å²) >= 11 is 6.01. The van der Waals surface area contributed by atoms with Crippen LogP contribution in [-0.4, -0.2) is 25.8 Å². The van der Waals surface area contributed by atoms with E-state index in [0.717, 1.165) is 46.6 Å². The molecule has 1 aliphatic rings. The summed E-state index contributed by atoms with van der Waals surface area (Å²) in [4.78, 5) is 2.48. The van der Waals surface area contributed by atoms with Gasteiger partial charge in [0, 0.05) is 32.0 Å². The van der Waals surface area contributed by atoms with Crippen LogP contribution in [0.4, 0.5) is 0 Å². The van der Waals surface area contributed by atoms with Crippen molar-refractivity contribution in [3.63, 3.8) is 0 Å². The van der Waals surface area contributed by atoms with Crippen molar-refractivity contribution < 1.29 is 10.2 Å². The fourth-order valence-electron chi connectivity index (χ4n) is 4.96. The lowest BCUT2D eigenvalue weighted by atomic mass is 9.79. The molecule has 1 aliphatic heterocycles. The summed E-state index contributed by atoms with van der Waals surface area (Å²) in [6.45, 7) is 26.2. The van der Waals surface area contributed by atoms with Gasteiger partial charge in [-0.3, -0.25) is 0 Å². The van der Waals surface area contributed by atoms with Crippen molar-refractivity contribution in [2.24, 2.45) is 0 Å². The quantitative estimate of drug-likeness (QED) is 0.355. The molecular formula is C33H50O2S3. The van der Waals surface area contributed by atoms with Gasteiger partial charge in [0.1, 0.15) is 11.5 Å². The Morgan fingerprint density at radius 2 is 0.816 bits per heavy atom. The minimum atomic E-state index is -0.149. The number of rotatable bonds is 4. The molecule has 0 bridgehead atoms. The minimum Gasteiger partial charge on any atom is -0.507 e. The van der Waals surface area contributed by atoms with Crippen LogP contribution in [0, 0.1) is 0 Å². The third kappa shape index (κ3) is 7.23. The van der Waals surface area contributed by atoms with Crippen LogP contribution in [0.3, 0.4) is 0 Å². The molecule has 0 aliphatic carbocycles. The smallest absolute Gasteiger partial charge is 0.123 e. The lowest BCUT2D eigenvalue weighted by Crippen LogP contribution is -2.27. The molecule has 0 saturated carbocycles. The number of hydrogen-bond acceptors (Lipinski definition) is 5. The summed E-state index contributed by atoms with van der Waals surface area (Å²) in [5.74, 6) is 3.18. The van der Waals surface area contributed by atoms with Crippen molar-refractivity contribution in [2.75, 3.05) is 11.5 Å². The van der Waals surface area contributed by atoms with Crippen molar-refractivity contribution in [2.45, 2.75) is 131 Å². The van der Waals surface area contributed by atoms with Crippen LogP contribution in [0.1, 0.15) is 118 Å². The number of phenols is 2. The molecule has 1 saturated heterocycles. The molecule has 2 N–H and O–H groups in total. The van der Waals surface area contributed by atoms with E-state index in [4.69, 9.17) is 0 Å². The second-order valence-electron chi connectivity index (χ2n) is 15.0. The zero-order chi connectivity index (χ0) is 28.9. The Balaban J connectivity index is 2.15. The highest BCUT2D eigenvalue weighted by atomic mass is 32.2. The van der Waals surface area contributed by atoms with E-state index in [0.29, 0.717) is 11.5 Å². The molecular weight excluding hydrogens is 525 g/mol. The largest absolute Gasteiger partial charge is 0.507 e. The van der Waals surface area contributed by atoms with Gasteiger partial charge in [0.2, 0.25) is 0 Å². The van der Waals surface area contributed by atoms with E-state index >= 15 is 0 Å². The Bertz CT molecular complexity index is 993. The summed E-state index contributed by atoms with van der Waals surface area (Å²) in [7, 11) is 0. The summed E-state index contributed by atoms with van der Waals surface area (Å²) in [6.07, 6.45) is 2.22. The van der Waals surface area contributed by atoms with Crippen LogP contribution in [-0.2, 0) is 21.7 Å². The fourth-order valence-corrected chi connectivity index (χ4v) is 9.79. The first-order chi connectivity index (χ1) is 17.1. The lowest BCUT2D eigenvalue weighted by molar-refractivity contribution is 0.421. The Labute approximate surface area is 245 Å². The van der Waals surface area contributed by atoms with Crippen LogP contribution in [0.25, 0.3) is 0 Å². The highest BCUT2D eigenvalue weighted by Crippen LogP contribution is 2.56. The van der Waals surface area contributed by atoms with E-state index in [2.05, 4.69) is 107 Å². The summed E-state index contributed by atoms with van der Waals surface area (Å²) in [5, 5.41) is 22.6. The van der Waals surface area contributed by atoms with E-state index < -0.39 is 0 Å². The van der Waals surface area contributed by atoms with E-state index in [1.54, 1.807) is 0 Å². The van der Waals surface area contributed by atoms with Gasteiger partial charge < -0.3 is 10.2 Å². The highest BCUT2D eigenvalue weighted by Gasteiger charge is 2.37. The van der Waals surface area contributed by atoms with Gasteiger partial charge >= 0.3 is 0 Å². The summed E-state index contributed by atoms with van der Waals surface area (Å²) in [5.41, 5.74) is 3.49. The van der Waals surface area contributed by atoms with Crippen molar-refractivity contribution in [1.82, 2.24) is 0 Å². The number of phenolic OH excluding ortho intramolecular Hbond substituents is 2. The van der Waals surface area contributed by atoms with Crippen molar-refractivity contribution in [1.29, 1.82) is 0 Å². The minimum absolute atomic E-state index is 0.00614. The molecule has 1 heterocycles. The first kappa shape index (κ1) is 31.6. The van der Waals surface area contributed by atoms with Crippen LogP contribution in [0.5, 0.6) is 11.5 Å². The molecule has 0 unspecified atom stereocenters. The predicted molar refractivity (Wildman–Crippen MR) is 172 cm³/mol. The number of benzene rings is 2. The summed E-state index contributed by atoms with van der Waals surface area (Å²) < 4.78 is -0.00614. The Kier molecular flexibility index (Phi) is 9.00. The molecule has 1 fully saturated rings. The first-order valence-corrected chi connectivity index (χ1v) is 16.6. The van der Waals surface area contributed by atoms with Gasteiger partial charge in [-0.05, 0) is 70.3 Å². The van der Waals surface area contributed by atoms with Gasteiger partial charge in [0.15, 0.2) is 0 Å². The molecule has 2 nitrogen and oxygen atoms in total. The molecule has 0 atom stereocenters. The molecule has 2 aromatic carbocycles. The predicted octanol–water partition coefficient (Wildman–Crippen LogP) is 10.4. The van der Waals surface area contributed by atoms with Crippen molar-refractivity contribution >= 4 is 35.3 Å². The number of thioether (sulfide) groups is 3. The molecule has 0 spiro atoms. The number of aromatic hydroxyl groups is 2. The average molecular weight is 575 g/mol. The van der Waals surface area contributed by atoms with E-state index in [9.17, 15) is 10.2 Å². The Morgan fingerprint density at radius 1 is 0.553 bits per heavy atom. The molecule has 0 radical (unpaired) electrons. The first-order valence-electron chi connectivity index (χ1n) is 13.9. The third-order valence-electron chi connectivity index (χ3n) is 7.26.